The molecule has 0 bridgehead atoms. The number of hydrogen-bond donors (Lipinski definition) is 4. The van der Waals surface area contributed by atoms with E-state index in [9.17, 15) is 18.7 Å². The smallest absolute Gasteiger partial charge is 0.293 e. The van der Waals surface area contributed by atoms with Gasteiger partial charge in [0, 0.05) is 56.2 Å². The first-order chi connectivity index (χ1) is 14.0. The Labute approximate surface area is 168 Å². The molecule has 1 aliphatic carbocycles. The fraction of sp³-hybridized carbons (Fsp3) is 0.500. The molecule has 9 heteroatoms. The largest absolute Gasteiger partial charge is 0.486 e. The van der Waals surface area contributed by atoms with Gasteiger partial charge in [0.2, 0.25) is 5.76 Å². The molecule has 0 spiro atoms. The molecule has 1 aliphatic heterocycles. The third kappa shape index (κ3) is 5.51. The molecule has 0 radical (unpaired) electrons. The van der Waals surface area contributed by atoms with Crippen LogP contribution in [-0.2, 0) is 9.53 Å². The first-order valence-electron chi connectivity index (χ1n) is 9.68. The van der Waals surface area contributed by atoms with E-state index >= 15 is 0 Å². The molecule has 2 aliphatic rings. The van der Waals surface area contributed by atoms with E-state index in [1.165, 1.54) is 0 Å². The molecule has 0 aromatic heterocycles. The summed E-state index contributed by atoms with van der Waals surface area (Å²) in [5.74, 6) is -2.34. The number of rotatable bonds is 9. The molecule has 7 nitrogen and oxygen atoms in total. The molecule has 2 fully saturated rings. The van der Waals surface area contributed by atoms with Gasteiger partial charge in [0.1, 0.15) is 17.3 Å². The Morgan fingerprint density at radius 3 is 2.48 bits per heavy atom. The lowest BCUT2D eigenvalue weighted by Crippen LogP contribution is -2.44. The zero-order chi connectivity index (χ0) is 20.9. The highest BCUT2D eigenvalue weighted by Crippen LogP contribution is 2.49. The fourth-order valence-corrected chi connectivity index (χ4v) is 3.38. The number of carbonyl (C=O) groups is 1. The second kappa shape index (κ2) is 9.32. The van der Waals surface area contributed by atoms with E-state index in [1.807, 2.05) is 4.90 Å². The van der Waals surface area contributed by atoms with Gasteiger partial charge >= 0.3 is 0 Å². The Morgan fingerprint density at radius 1 is 1.28 bits per heavy atom. The van der Waals surface area contributed by atoms with E-state index in [4.69, 9.17) is 10.1 Å². The number of aliphatic hydroxyl groups excluding tert-OH is 1. The molecule has 0 atom stereocenters. The molecule has 0 unspecified atom stereocenters. The van der Waals surface area contributed by atoms with Gasteiger partial charge < -0.3 is 30.8 Å². The topological polar surface area (TPSA) is 97.7 Å². The van der Waals surface area contributed by atoms with Crippen LogP contribution in [0.25, 0.3) is 0 Å². The molecular formula is C20H26F2N4O3. The van der Waals surface area contributed by atoms with Crippen LogP contribution in [0.1, 0.15) is 19.3 Å². The molecule has 1 heterocycles. The molecule has 29 heavy (non-hydrogen) atoms. The third-order valence-electron chi connectivity index (χ3n) is 5.28. The van der Waals surface area contributed by atoms with Crippen LogP contribution in [0.15, 0.2) is 29.7 Å². The summed E-state index contributed by atoms with van der Waals surface area (Å²) in [6.07, 6.45) is 3.43. The van der Waals surface area contributed by atoms with Crippen molar-refractivity contribution in [2.45, 2.75) is 19.3 Å². The zero-order valence-electron chi connectivity index (χ0n) is 16.1. The lowest BCUT2D eigenvalue weighted by molar-refractivity contribution is -0.116. The monoisotopic (exact) mass is 408 g/mol. The molecular weight excluding hydrogens is 382 g/mol. The summed E-state index contributed by atoms with van der Waals surface area (Å²) in [4.78, 5) is 14.8. The molecule has 1 saturated carbocycles. The minimum atomic E-state index is -0.805. The van der Waals surface area contributed by atoms with Crippen molar-refractivity contribution >= 4 is 17.8 Å². The van der Waals surface area contributed by atoms with E-state index in [0.717, 1.165) is 37.3 Å². The lowest BCUT2D eigenvalue weighted by Gasteiger charge is -2.31. The van der Waals surface area contributed by atoms with Gasteiger partial charge in [-0.05, 0) is 31.4 Å². The summed E-state index contributed by atoms with van der Waals surface area (Å²) in [6, 6.07) is 2.75. The minimum Gasteiger partial charge on any atom is -0.486 e. The van der Waals surface area contributed by atoms with Gasteiger partial charge in [0.05, 0.1) is 6.61 Å². The van der Waals surface area contributed by atoms with Crippen LogP contribution in [0.3, 0.4) is 0 Å². The molecule has 1 amide bonds. The fourth-order valence-electron chi connectivity index (χ4n) is 3.38. The van der Waals surface area contributed by atoms with Crippen LogP contribution in [-0.4, -0.2) is 61.5 Å². The highest BCUT2D eigenvalue weighted by Gasteiger charge is 2.43. The summed E-state index contributed by atoms with van der Waals surface area (Å²) >= 11 is 0. The molecule has 158 valence electrons. The van der Waals surface area contributed by atoms with Gasteiger partial charge in [0.15, 0.2) is 0 Å². The van der Waals surface area contributed by atoms with Crippen LogP contribution in [0, 0.1) is 22.5 Å². The first-order valence-corrected chi connectivity index (χ1v) is 9.68. The summed E-state index contributed by atoms with van der Waals surface area (Å²) < 4.78 is 32.8. The van der Waals surface area contributed by atoms with Crippen molar-refractivity contribution in [2.75, 3.05) is 44.7 Å². The Balaban J connectivity index is 1.84. The van der Waals surface area contributed by atoms with Crippen LogP contribution in [0.5, 0.6) is 0 Å². The number of aliphatic hydroxyl groups is 1. The van der Waals surface area contributed by atoms with Crippen LogP contribution < -0.4 is 10.6 Å². The van der Waals surface area contributed by atoms with Crippen LogP contribution in [0.2, 0.25) is 0 Å². The Bertz CT molecular complexity index is 770. The quantitative estimate of drug-likeness (QED) is 0.284. The SMILES string of the molecule is N=C/C(=C(/OCC1(CCO)CC1)C(=O)Nc1cc(F)cc(F)c1)N1CCNCC1. The molecule has 3 rings (SSSR count). The third-order valence-corrected chi connectivity index (χ3v) is 5.28. The second-order valence-electron chi connectivity index (χ2n) is 7.47. The predicted octanol–water partition coefficient (Wildman–Crippen LogP) is 1.85. The summed E-state index contributed by atoms with van der Waals surface area (Å²) in [5, 5.41) is 22.8. The van der Waals surface area contributed by atoms with Gasteiger partial charge in [0.25, 0.3) is 5.91 Å². The maximum Gasteiger partial charge on any atom is 0.293 e. The molecule has 1 saturated heterocycles. The van der Waals surface area contributed by atoms with Gasteiger partial charge in [-0.2, -0.15) is 0 Å². The number of nitrogens with zero attached hydrogens (tertiary/aromatic N) is 1. The van der Waals surface area contributed by atoms with Crippen molar-refractivity contribution < 1.29 is 23.4 Å². The number of nitrogens with one attached hydrogen (secondary N) is 3. The van der Waals surface area contributed by atoms with E-state index in [1.54, 1.807) is 0 Å². The van der Waals surface area contributed by atoms with Crippen molar-refractivity contribution in [3.8, 4) is 0 Å². The number of amides is 1. The number of allylic oxidation sites excluding steroid dienone is 1. The standard InChI is InChI=1S/C20H26F2N4O3/c21-14-9-15(22)11-16(10-14)25-19(28)18(29-13-20(1-2-20)3-8-27)17(12-23)26-6-4-24-5-7-26/h9-12,23-24,27H,1-8,13H2,(H,25,28)/b18-17-,23-12?. The Morgan fingerprint density at radius 2 is 1.93 bits per heavy atom. The van der Waals surface area contributed by atoms with E-state index < -0.39 is 17.5 Å². The molecule has 4 N–H and O–H groups in total. The highest BCUT2D eigenvalue weighted by atomic mass is 19.1. The van der Waals surface area contributed by atoms with E-state index in [2.05, 4.69) is 10.6 Å². The van der Waals surface area contributed by atoms with Gasteiger partial charge in [-0.25, -0.2) is 8.78 Å². The van der Waals surface area contributed by atoms with E-state index in [0.29, 0.717) is 38.3 Å². The highest BCUT2D eigenvalue weighted by molar-refractivity contribution is 6.05. The van der Waals surface area contributed by atoms with E-state index in [-0.39, 0.29) is 30.1 Å². The van der Waals surface area contributed by atoms with Gasteiger partial charge in [-0.3, -0.25) is 4.79 Å². The van der Waals surface area contributed by atoms with Crippen molar-refractivity contribution in [2.24, 2.45) is 5.41 Å². The zero-order valence-corrected chi connectivity index (χ0v) is 16.1. The normalized spacial score (nSPS) is 18.7. The maximum absolute atomic E-state index is 13.5. The Kier molecular flexibility index (Phi) is 6.81. The number of hydrogen-bond acceptors (Lipinski definition) is 6. The Hall–Kier alpha value is -2.52. The summed E-state index contributed by atoms with van der Waals surface area (Å²) in [7, 11) is 0. The second-order valence-corrected chi connectivity index (χ2v) is 7.47. The van der Waals surface area contributed by atoms with Gasteiger partial charge in [-0.15, -0.1) is 0 Å². The summed E-state index contributed by atoms with van der Waals surface area (Å²) in [5.41, 5.74) is 0.123. The number of benzene rings is 1. The molecule has 1 aromatic carbocycles. The number of anilines is 1. The number of carbonyl (C=O) groups excluding carboxylic acids is 1. The summed E-state index contributed by atoms with van der Waals surface area (Å²) in [6.45, 7) is 2.87. The average molecular weight is 408 g/mol. The molecule has 1 aromatic rings. The maximum atomic E-state index is 13.5. The number of piperazine rings is 1. The lowest BCUT2D eigenvalue weighted by atomic mass is 10.1. The minimum absolute atomic E-state index is 0.0327. The van der Waals surface area contributed by atoms with Crippen molar-refractivity contribution in [3.05, 3.63) is 41.3 Å². The average Bonchev–Trinajstić information content (AvgIpc) is 3.45. The van der Waals surface area contributed by atoms with Crippen LogP contribution in [0.4, 0.5) is 14.5 Å². The van der Waals surface area contributed by atoms with Crippen LogP contribution >= 0.6 is 0 Å². The first kappa shape index (κ1) is 21.2. The van der Waals surface area contributed by atoms with Crippen molar-refractivity contribution in [1.82, 2.24) is 10.2 Å². The number of halogens is 2. The van der Waals surface area contributed by atoms with Gasteiger partial charge in [-0.1, -0.05) is 0 Å². The van der Waals surface area contributed by atoms with Crippen molar-refractivity contribution in [3.63, 3.8) is 0 Å². The number of ether oxygens (including phenoxy) is 1. The van der Waals surface area contributed by atoms with Crippen molar-refractivity contribution in [1.29, 1.82) is 5.41 Å². The predicted molar refractivity (Wildman–Crippen MR) is 105 cm³/mol.